The highest BCUT2D eigenvalue weighted by molar-refractivity contribution is 6.23. The second-order valence-corrected chi connectivity index (χ2v) is 26.3. The van der Waals surface area contributed by atoms with Gasteiger partial charge >= 0.3 is 0 Å². The van der Waals surface area contributed by atoms with Crippen LogP contribution >= 0.6 is 0 Å². The van der Waals surface area contributed by atoms with Gasteiger partial charge in [0.15, 0.2) is 0 Å². The van der Waals surface area contributed by atoms with Gasteiger partial charge in [0.25, 0.3) is 0 Å². The van der Waals surface area contributed by atoms with Gasteiger partial charge in [-0.3, -0.25) is 0 Å². The fourth-order valence-corrected chi connectivity index (χ4v) is 16.2. The van der Waals surface area contributed by atoms with E-state index in [2.05, 4.69) is 317 Å². The molecule has 4 heteroatoms. The summed E-state index contributed by atoms with van der Waals surface area (Å²) in [5.41, 5.74) is 24.5. The van der Waals surface area contributed by atoms with Crippen molar-refractivity contribution in [2.45, 2.75) is 38.5 Å². The summed E-state index contributed by atoms with van der Waals surface area (Å²) in [6.45, 7) is 9.57. The van der Waals surface area contributed by atoms with Crippen molar-refractivity contribution in [3.63, 3.8) is 0 Å². The highest BCUT2D eigenvalue weighted by atomic mass is 16.3. The molecule has 0 unspecified atom stereocenters. The zero-order valence-corrected chi connectivity index (χ0v) is 51.4. The third kappa shape index (κ3) is 7.64. The van der Waals surface area contributed by atoms with Crippen molar-refractivity contribution in [3.8, 4) is 44.5 Å². The third-order valence-corrected chi connectivity index (χ3v) is 20.6. The number of hydrogen-bond donors (Lipinski definition) is 0. The Morgan fingerprint density at radius 3 is 1.04 bits per heavy atom. The summed E-state index contributed by atoms with van der Waals surface area (Å²) in [4.78, 5) is 4.90. The molecule has 0 atom stereocenters. The maximum absolute atomic E-state index is 6.71. The van der Waals surface area contributed by atoms with Gasteiger partial charge in [0.2, 0.25) is 0 Å². The number of para-hydroxylation sites is 2. The van der Waals surface area contributed by atoms with Crippen molar-refractivity contribution < 1.29 is 8.83 Å². The van der Waals surface area contributed by atoms with E-state index in [0.29, 0.717) is 0 Å². The summed E-state index contributed by atoms with van der Waals surface area (Å²) < 4.78 is 13.4. The van der Waals surface area contributed by atoms with Crippen molar-refractivity contribution in [1.29, 1.82) is 0 Å². The Hall–Kier alpha value is -11.5. The Balaban J connectivity index is 0.932. The quantitative estimate of drug-likeness (QED) is 0.142. The molecule has 0 radical (unpaired) electrons. The summed E-state index contributed by atoms with van der Waals surface area (Å²) in [6, 6.07) is 108. The van der Waals surface area contributed by atoms with Crippen LogP contribution in [0, 0.1) is 0 Å². The minimum atomic E-state index is -0.235. The molecule has 2 aromatic heterocycles. The molecule has 2 aliphatic carbocycles. The van der Waals surface area contributed by atoms with Gasteiger partial charge in [-0.1, -0.05) is 222 Å². The second-order valence-electron chi connectivity index (χ2n) is 26.3. The van der Waals surface area contributed by atoms with Crippen LogP contribution in [0.1, 0.15) is 49.9 Å². The van der Waals surface area contributed by atoms with Crippen molar-refractivity contribution in [2.75, 3.05) is 9.80 Å². The predicted molar refractivity (Wildman–Crippen MR) is 386 cm³/mol. The normalized spacial score (nSPS) is 13.6. The molecular formula is C88H60N2O2. The first-order valence-corrected chi connectivity index (χ1v) is 32.0. The summed E-state index contributed by atoms with van der Waals surface area (Å²) in [5.74, 6) is 0. The van der Waals surface area contributed by atoms with Crippen molar-refractivity contribution in [1.82, 2.24) is 0 Å². The molecule has 0 bridgehead atoms. The molecule has 4 nitrogen and oxygen atoms in total. The van der Waals surface area contributed by atoms with Crippen molar-refractivity contribution in [2.24, 2.45) is 0 Å². The topological polar surface area (TPSA) is 32.8 Å². The van der Waals surface area contributed by atoms with E-state index in [0.717, 1.165) is 110 Å². The average Bonchev–Trinajstić information content (AvgIpc) is 1.12. The lowest BCUT2D eigenvalue weighted by Gasteiger charge is -2.29. The van der Waals surface area contributed by atoms with E-state index < -0.39 is 0 Å². The van der Waals surface area contributed by atoms with E-state index in [1.54, 1.807) is 0 Å². The zero-order valence-electron chi connectivity index (χ0n) is 51.4. The number of anilines is 6. The van der Waals surface area contributed by atoms with E-state index in [-0.39, 0.29) is 10.8 Å². The SMILES string of the molecule is CC1(C)c2ccccc2-c2ccc(-c3c4ccc(N(c5ccc6c(c5)oc5ccccc56)c5cccc6ccccc56)cc4c(-c4ccc5c(c4)C(C)(C)c4ccccc4-5)c4ccc(N(c5ccc6c(c5)oc5ccccc56)c5cccc6ccccc56)cc34)cc21. The molecule has 0 aliphatic heterocycles. The number of furan rings is 2. The van der Waals surface area contributed by atoms with Gasteiger partial charge in [-0.15, -0.1) is 0 Å². The van der Waals surface area contributed by atoms with Gasteiger partial charge in [0, 0.05) is 78.0 Å². The Morgan fingerprint density at radius 2 is 0.587 bits per heavy atom. The highest BCUT2D eigenvalue weighted by Crippen LogP contribution is 2.56. The molecule has 92 heavy (non-hydrogen) atoms. The molecule has 0 N–H and O–H groups in total. The molecule has 2 aliphatic rings. The lowest BCUT2D eigenvalue weighted by atomic mass is 9.79. The Kier molecular flexibility index (Phi) is 11.1. The van der Waals surface area contributed by atoms with Gasteiger partial charge in [0.1, 0.15) is 22.3 Å². The van der Waals surface area contributed by atoms with Gasteiger partial charge in [-0.25, -0.2) is 0 Å². The van der Waals surface area contributed by atoms with Crippen LogP contribution < -0.4 is 9.80 Å². The largest absolute Gasteiger partial charge is 0.456 e. The van der Waals surface area contributed by atoms with Crippen LogP contribution in [0.15, 0.2) is 300 Å². The fraction of sp³-hybridized carbons (Fsp3) is 0.0682. The van der Waals surface area contributed by atoms with Gasteiger partial charge < -0.3 is 18.6 Å². The molecule has 2 heterocycles. The number of fused-ring (bicyclic) bond motifs is 16. The van der Waals surface area contributed by atoms with Crippen LogP contribution in [0.25, 0.3) is 131 Å². The molecular weight excluding hydrogens is 1120 g/mol. The van der Waals surface area contributed by atoms with Crippen molar-refractivity contribution in [3.05, 3.63) is 313 Å². The fourth-order valence-electron chi connectivity index (χ4n) is 16.2. The molecule has 0 fully saturated rings. The first-order chi connectivity index (χ1) is 45.1. The molecule has 0 saturated heterocycles. The van der Waals surface area contributed by atoms with Crippen LogP contribution in [0.3, 0.4) is 0 Å². The summed E-state index contributed by atoms with van der Waals surface area (Å²) in [5, 5.41) is 13.7. The Morgan fingerprint density at radius 1 is 0.239 bits per heavy atom. The van der Waals surface area contributed by atoms with E-state index in [9.17, 15) is 0 Å². The first-order valence-electron chi connectivity index (χ1n) is 32.0. The molecule has 0 saturated carbocycles. The maximum atomic E-state index is 6.71. The minimum absolute atomic E-state index is 0.235. The number of nitrogens with zero attached hydrogens (tertiary/aromatic N) is 2. The molecule has 434 valence electrons. The molecule has 0 spiro atoms. The lowest BCUT2D eigenvalue weighted by Crippen LogP contribution is -2.15. The van der Waals surface area contributed by atoms with E-state index in [4.69, 9.17) is 8.83 Å². The Labute approximate surface area is 533 Å². The number of rotatable bonds is 8. The van der Waals surface area contributed by atoms with Crippen LogP contribution in [0.2, 0.25) is 0 Å². The first kappa shape index (κ1) is 52.5. The second kappa shape index (κ2) is 19.5. The number of benzene rings is 15. The van der Waals surface area contributed by atoms with Crippen LogP contribution in [0.5, 0.6) is 0 Å². The lowest BCUT2D eigenvalue weighted by molar-refractivity contribution is 0.660. The smallest absolute Gasteiger partial charge is 0.137 e. The summed E-state index contributed by atoms with van der Waals surface area (Å²) >= 11 is 0. The van der Waals surface area contributed by atoms with Crippen LogP contribution in [0.4, 0.5) is 34.1 Å². The van der Waals surface area contributed by atoms with E-state index in [1.165, 1.54) is 77.5 Å². The molecule has 0 amide bonds. The monoisotopic (exact) mass is 1180 g/mol. The summed E-state index contributed by atoms with van der Waals surface area (Å²) in [6.07, 6.45) is 0. The van der Waals surface area contributed by atoms with Gasteiger partial charge in [0.05, 0.1) is 11.4 Å². The van der Waals surface area contributed by atoms with Crippen LogP contribution in [-0.2, 0) is 10.8 Å². The molecule has 19 rings (SSSR count). The zero-order chi connectivity index (χ0) is 61.1. The summed E-state index contributed by atoms with van der Waals surface area (Å²) in [7, 11) is 0. The number of hydrogen-bond acceptors (Lipinski definition) is 4. The Bertz CT molecular complexity index is 5620. The average molecular weight is 1180 g/mol. The highest BCUT2D eigenvalue weighted by Gasteiger charge is 2.38. The third-order valence-electron chi connectivity index (χ3n) is 20.6. The minimum Gasteiger partial charge on any atom is -0.456 e. The van der Waals surface area contributed by atoms with Gasteiger partial charge in [-0.2, -0.15) is 0 Å². The van der Waals surface area contributed by atoms with E-state index >= 15 is 0 Å². The standard InChI is InChI=1S/C88H60N2O2/c1-87(2)75-29-13-9-25-63(75)65-41-35-55(47-77(65)87)85-71-45-39-58(90(80-32-18-22-54-20-6-8-24-62(54)80)60-38-44-70-68-28-12-16-34-82(68)92-84(70)52-60)50-74(71)86(56-36-42-66-64-26-10-14-30-76(64)88(3,4)78(66)48-56)72-46-40-57(49-73(72)85)89(79-31-17-21-53-19-5-7-23-61(53)79)59-37-43-69-67-27-11-15-33-81(67)91-83(69)51-59/h5-52H,1-4H3. The maximum Gasteiger partial charge on any atom is 0.137 e. The van der Waals surface area contributed by atoms with Crippen molar-refractivity contribution >= 4 is 121 Å². The predicted octanol–water partition coefficient (Wildman–Crippen LogP) is 25.0. The van der Waals surface area contributed by atoms with E-state index in [1.807, 2.05) is 12.1 Å². The molecule has 17 aromatic rings. The van der Waals surface area contributed by atoms with Crippen LogP contribution in [-0.4, -0.2) is 0 Å². The van der Waals surface area contributed by atoms with Gasteiger partial charge in [-0.05, 0) is 184 Å². The molecule has 15 aromatic carbocycles.